The van der Waals surface area contributed by atoms with Gasteiger partial charge < -0.3 is 14.2 Å². The van der Waals surface area contributed by atoms with Gasteiger partial charge in [-0.3, -0.25) is 14.3 Å². The van der Waals surface area contributed by atoms with Gasteiger partial charge in [-0.25, -0.2) is 4.39 Å². The first-order chi connectivity index (χ1) is 16.8. The van der Waals surface area contributed by atoms with Crippen molar-refractivity contribution in [3.05, 3.63) is 59.4 Å². The predicted octanol–water partition coefficient (Wildman–Crippen LogP) is 4.83. The first kappa shape index (κ1) is 23.3. The highest BCUT2D eigenvalue weighted by molar-refractivity contribution is 5.98. The molecule has 2 aromatic heterocycles. The van der Waals surface area contributed by atoms with E-state index in [0.29, 0.717) is 49.0 Å². The Morgan fingerprint density at radius 1 is 1.29 bits per heavy atom. The molecule has 0 atom stereocenters. The lowest BCUT2D eigenvalue weighted by atomic mass is 9.92. The van der Waals surface area contributed by atoms with Gasteiger partial charge >= 0.3 is 0 Å². The summed E-state index contributed by atoms with van der Waals surface area (Å²) >= 11 is 0. The fourth-order valence-electron chi connectivity index (χ4n) is 4.72. The third-order valence-electron chi connectivity index (χ3n) is 6.98. The SMILES string of the molecule is CC(C)c1cc(C2=CCCN(C(=O)CCn3cccn3)C2)c(F)c2cc(C(=O)N(C)C3CC3)oc12. The molecule has 1 fully saturated rings. The molecule has 1 aliphatic heterocycles. The Morgan fingerprint density at radius 2 is 2.09 bits per heavy atom. The second-order valence-corrected chi connectivity index (χ2v) is 9.84. The van der Waals surface area contributed by atoms with E-state index >= 15 is 4.39 Å². The molecule has 3 heterocycles. The molecular weight excluding hydrogens is 447 g/mol. The fourth-order valence-corrected chi connectivity index (χ4v) is 4.72. The van der Waals surface area contributed by atoms with Crippen LogP contribution in [0.4, 0.5) is 4.39 Å². The summed E-state index contributed by atoms with van der Waals surface area (Å²) in [5, 5.41) is 4.47. The van der Waals surface area contributed by atoms with Gasteiger partial charge in [-0.05, 0) is 48.4 Å². The van der Waals surface area contributed by atoms with E-state index in [0.717, 1.165) is 24.0 Å². The summed E-state index contributed by atoms with van der Waals surface area (Å²) in [7, 11) is 1.77. The number of aryl methyl sites for hydroxylation is 1. The van der Waals surface area contributed by atoms with E-state index in [1.165, 1.54) is 6.07 Å². The van der Waals surface area contributed by atoms with Crippen molar-refractivity contribution in [1.29, 1.82) is 0 Å². The zero-order valence-corrected chi connectivity index (χ0v) is 20.5. The summed E-state index contributed by atoms with van der Waals surface area (Å²) in [5.74, 6) is -0.358. The van der Waals surface area contributed by atoms with Crippen molar-refractivity contribution >= 4 is 28.4 Å². The molecule has 7 nitrogen and oxygen atoms in total. The lowest BCUT2D eigenvalue weighted by Crippen LogP contribution is -2.36. The van der Waals surface area contributed by atoms with Crippen molar-refractivity contribution in [3.63, 3.8) is 0 Å². The maximum Gasteiger partial charge on any atom is 0.289 e. The monoisotopic (exact) mass is 478 g/mol. The summed E-state index contributed by atoms with van der Waals surface area (Å²) in [6, 6.07) is 5.44. The molecule has 1 aliphatic carbocycles. The van der Waals surface area contributed by atoms with Crippen molar-refractivity contribution in [2.75, 3.05) is 20.1 Å². The summed E-state index contributed by atoms with van der Waals surface area (Å²) in [6.45, 7) is 5.53. The van der Waals surface area contributed by atoms with Crippen LogP contribution in [0.3, 0.4) is 0 Å². The summed E-state index contributed by atoms with van der Waals surface area (Å²) in [5.41, 5.74) is 2.54. The highest BCUT2D eigenvalue weighted by atomic mass is 19.1. The van der Waals surface area contributed by atoms with Crippen LogP contribution >= 0.6 is 0 Å². The number of benzene rings is 1. The lowest BCUT2D eigenvalue weighted by molar-refractivity contribution is -0.131. The highest BCUT2D eigenvalue weighted by Crippen LogP contribution is 2.37. The molecule has 0 radical (unpaired) electrons. The Labute approximate surface area is 204 Å². The number of hydrogen-bond donors (Lipinski definition) is 0. The van der Waals surface area contributed by atoms with Crippen molar-refractivity contribution in [2.24, 2.45) is 0 Å². The van der Waals surface area contributed by atoms with Gasteiger partial charge in [0.1, 0.15) is 11.4 Å². The zero-order chi connectivity index (χ0) is 24.7. The maximum atomic E-state index is 15.9. The fraction of sp³-hybridized carbons (Fsp3) is 0.444. The molecule has 2 aliphatic rings. The molecule has 0 N–H and O–H groups in total. The number of furan rings is 1. The van der Waals surface area contributed by atoms with Gasteiger partial charge in [0.15, 0.2) is 5.76 Å². The molecule has 5 rings (SSSR count). The normalized spacial score (nSPS) is 16.1. The van der Waals surface area contributed by atoms with Crippen molar-refractivity contribution in [2.45, 2.75) is 58.0 Å². The Kier molecular flexibility index (Phi) is 6.21. The van der Waals surface area contributed by atoms with E-state index in [1.807, 2.05) is 38.3 Å². The molecule has 1 saturated carbocycles. The second-order valence-electron chi connectivity index (χ2n) is 9.84. The van der Waals surface area contributed by atoms with E-state index in [2.05, 4.69) is 5.10 Å². The van der Waals surface area contributed by atoms with Crippen LogP contribution < -0.4 is 0 Å². The zero-order valence-electron chi connectivity index (χ0n) is 20.5. The van der Waals surface area contributed by atoms with Crippen LogP contribution in [0.5, 0.6) is 0 Å². The number of halogens is 1. The number of amides is 2. The van der Waals surface area contributed by atoms with Gasteiger partial charge in [0.05, 0.1) is 5.39 Å². The van der Waals surface area contributed by atoms with Gasteiger partial charge in [-0.15, -0.1) is 0 Å². The van der Waals surface area contributed by atoms with Crippen molar-refractivity contribution < 1.29 is 18.4 Å². The van der Waals surface area contributed by atoms with E-state index in [-0.39, 0.29) is 29.5 Å². The number of carbonyl (C=O) groups excluding carboxylic acids is 2. The maximum absolute atomic E-state index is 15.9. The topological polar surface area (TPSA) is 71.6 Å². The molecule has 184 valence electrons. The predicted molar refractivity (Wildman–Crippen MR) is 131 cm³/mol. The Hall–Kier alpha value is -3.42. The first-order valence-electron chi connectivity index (χ1n) is 12.3. The number of hydrogen-bond acceptors (Lipinski definition) is 4. The Bertz CT molecular complexity index is 1290. The number of rotatable bonds is 7. The van der Waals surface area contributed by atoms with Gasteiger partial charge in [0.25, 0.3) is 5.91 Å². The van der Waals surface area contributed by atoms with Gasteiger partial charge in [0, 0.05) is 63.2 Å². The molecule has 0 unspecified atom stereocenters. The summed E-state index contributed by atoms with van der Waals surface area (Å²) < 4.78 is 23.6. The van der Waals surface area contributed by atoms with E-state index < -0.39 is 5.82 Å². The van der Waals surface area contributed by atoms with E-state index in [4.69, 9.17) is 4.42 Å². The van der Waals surface area contributed by atoms with Gasteiger partial charge in [0.2, 0.25) is 5.91 Å². The molecular formula is C27H31FN4O3. The van der Waals surface area contributed by atoms with Crippen LogP contribution in [-0.4, -0.2) is 57.6 Å². The highest BCUT2D eigenvalue weighted by Gasteiger charge is 2.32. The van der Waals surface area contributed by atoms with Crippen LogP contribution in [0.1, 0.15) is 67.1 Å². The Balaban J connectivity index is 1.43. The molecule has 0 saturated heterocycles. The molecule has 3 aromatic rings. The van der Waals surface area contributed by atoms with Crippen LogP contribution in [0.25, 0.3) is 16.5 Å². The first-order valence-corrected chi connectivity index (χ1v) is 12.3. The van der Waals surface area contributed by atoms with Crippen LogP contribution in [0.15, 0.2) is 41.1 Å². The molecule has 0 bridgehead atoms. The standard InChI is InChI=1S/C27H31FN4O3/c1-17(2)20-14-21(18-6-4-11-31(16-18)24(33)9-13-32-12-5-10-29-32)25(28)22-15-23(35-26(20)22)27(34)30(3)19-7-8-19/h5-6,10,12,14-15,17,19H,4,7-9,11,13,16H2,1-3H3. The summed E-state index contributed by atoms with van der Waals surface area (Å²) in [6.07, 6.45) is 8.52. The third-order valence-corrected chi connectivity index (χ3v) is 6.98. The quantitative estimate of drug-likeness (QED) is 0.488. The van der Waals surface area contributed by atoms with E-state index in [9.17, 15) is 9.59 Å². The van der Waals surface area contributed by atoms with E-state index in [1.54, 1.807) is 27.7 Å². The summed E-state index contributed by atoms with van der Waals surface area (Å²) in [4.78, 5) is 29.2. The van der Waals surface area contributed by atoms with Crippen LogP contribution in [0.2, 0.25) is 0 Å². The number of aromatic nitrogens is 2. The minimum absolute atomic E-state index is 0.0241. The van der Waals surface area contributed by atoms with Crippen molar-refractivity contribution in [1.82, 2.24) is 19.6 Å². The number of carbonyl (C=O) groups is 2. The molecule has 2 amide bonds. The van der Waals surface area contributed by atoms with Crippen LogP contribution in [0, 0.1) is 5.82 Å². The van der Waals surface area contributed by atoms with Gasteiger partial charge in [-0.1, -0.05) is 19.9 Å². The molecule has 1 aromatic carbocycles. The van der Waals surface area contributed by atoms with Crippen molar-refractivity contribution in [3.8, 4) is 0 Å². The number of fused-ring (bicyclic) bond motifs is 1. The average molecular weight is 479 g/mol. The largest absolute Gasteiger partial charge is 0.450 e. The van der Waals surface area contributed by atoms with Crippen LogP contribution in [-0.2, 0) is 11.3 Å². The molecule has 8 heteroatoms. The average Bonchev–Trinajstić information content (AvgIpc) is 3.38. The smallest absolute Gasteiger partial charge is 0.289 e. The lowest BCUT2D eigenvalue weighted by Gasteiger charge is -2.28. The molecule has 0 spiro atoms. The minimum Gasteiger partial charge on any atom is -0.450 e. The van der Waals surface area contributed by atoms with Gasteiger partial charge in [-0.2, -0.15) is 5.10 Å². The molecule has 35 heavy (non-hydrogen) atoms. The Morgan fingerprint density at radius 3 is 2.77 bits per heavy atom. The number of nitrogens with zero attached hydrogens (tertiary/aromatic N) is 4. The third kappa shape index (κ3) is 4.61. The second kappa shape index (κ2) is 9.32. The minimum atomic E-state index is -0.404.